The zero-order valence-corrected chi connectivity index (χ0v) is 24.2. The molecule has 2 rings (SSSR count). The van der Waals surface area contributed by atoms with Gasteiger partial charge in [-0.3, -0.25) is 14.4 Å². The third kappa shape index (κ3) is 9.17. The van der Waals surface area contributed by atoms with Gasteiger partial charge >= 0.3 is 6.09 Å². The SMILES string of the molecule is CCCC[C@@H]1C[C@@H](C(=O)N[C@H](C#N)C[C@@H]2CCCNC2=O)N(C(=O)[C@@H](NC(=O)OC(C)(C)C)C(C)(C)C)C1. The van der Waals surface area contributed by atoms with Gasteiger partial charge in [0, 0.05) is 19.0 Å². The van der Waals surface area contributed by atoms with Gasteiger partial charge in [0.25, 0.3) is 0 Å². The highest BCUT2D eigenvalue weighted by molar-refractivity contribution is 5.92. The number of nitriles is 1. The van der Waals surface area contributed by atoms with Crippen molar-refractivity contribution >= 4 is 23.8 Å². The van der Waals surface area contributed by atoms with Gasteiger partial charge < -0.3 is 25.6 Å². The van der Waals surface area contributed by atoms with Gasteiger partial charge in [0.15, 0.2) is 0 Å². The van der Waals surface area contributed by atoms with Crippen molar-refractivity contribution in [1.29, 1.82) is 5.26 Å². The van der Waals surface area contributed by atoms with Gasteiger partial charge in [-0.05, 0) is 64.2 Å². The zero-order chi connectivity index (χ0) is 28.7. The first-order valence-electron chi connectivity index (χ1n) is 13.9. The second-order valence-electron chi connectivity index (χ2n) is 12.8. The molecule has 2 heterocycles. The van der Waals surface area contributed by atoms with Gasteiger partial charge in [0.2, 0.25) is 17.7 Å². The summed E-state index contributed by atoms with van der Waals surface area (Å²) in [5.74, 6) is -1.02. The van der Waals surface area contributed by atoms with Crippen molar-refractivity contribution in [3.8, 4) is 6.07 Å². The van der Waals surface area contributed by atoms with Crippen LogP contribution in [0.3, 0.4) is 0 Å². The van der Waals surface area contributed by atoms with Crippen LogP contribution in [0, 0.1) is 28.6 Å². The van der Waals surface area contributed by atoms with Crippen LogP contribution in [0.25, 0.3) is 0 Å². The topological polar surface area (TPSA) is 141 Å². The molecule has 4 amide bonds. The largest absolute Gasteiger partial charge is 0.444 e. The first-order chi connectivity index (χ1) is 17.7. The molecule has 2 fully saturated rings. The molecule has 214 valence electrons. The molecule has 38 heavy (non-hydrogen) atoms. The Morgan fingerprint density at radius 3 is 2.42 bits per heavy atom. The molecule has 3 N–H and O–H groups in total. The van der Waals surface area contributed by atoms with Crippen molar-refractivity contribution < 1.29 is 23.9 Å². The van der Waals surface area contributed by atoms with Gasteiger partial charge in [-0.15, -0.1) is 0 Å². The van der Waals surface area contributed by atoms with Crippen LogP contribution in [-0.2, 0) is 19.1 Å². The molecule has 0 aromatic carbocycles. The molecule has 10 heteroatoms. The maximum Gasteiger partial charge on any atom is 0.408 e. The van der Waals surface area contributed by atoms with Crippen LogP contribution in [-0.4, -0.2) is 65.5 Å². The average Bonchev–Trinajstić information content (AvgIpc) is 3.24. The Hall–Kier alpha value is -2.83. The van der Waals surface area contributed by atoms with Gasteiger partial charge in [0.05, 0.1) is 6.07 Å². The molecule has 0 spiro atoms. The fourth-order valence-corrected chi connectivity index (χ4v) is 5.11. The lowest BCUT2D eigenvalue weighted by atomic mass is 9.85. The number of carbonyl (C=O) groups is 4. The number of amides is 4. The maximum absolute atomic E-state index is 13.9. The summed E-state index contributed by atoms with van der Waals surface area (Å²) in [6.07, 6.45) is 4.42. The van der Waals surface area contributed by atoms with E-state index >= 15 is 0 Å². The van der Waals surface area contributed by atoms with Crippen molar-refractivity contribution in [3.63, 3.8) is 0 Å². The first-order valence-corrected chi connectivity index (χ1v) is 13.9. The summed E-state index contributed by atoms with van der Waals surface area (Å²) in [5.41, 5.74) is -1.36. The van der Waals surface area contributed by atoms with Crippen LogP contribution in [0.15, 0.2) is 0 Å². The fraction of sp³-hybridized carbons (Fsp3) is 0.821. The highest BCUT2D eigenvalue weighted by Gasteiger charge is 2.45. The van der Waals surface area contributed by atoms with E-state index in [2.05, 4.69) is 28.9 Å². The van der Waals surface area contributed by atoms with Crippen molar-refractivity contribution in [2.45, 2.75) is 117 Å². The molecule has 0 bridgehead atoms. The van der Waals surface area contributed by atoms with Gasteiger partial charge in [0.1, 0.15) is 23.7 Å². The average molecular weight is 534 g/mol. The molecule has 10 nitrogen and oxygen atoms in total. The van der Waals surface area contributed by atoms with Crippen LogP contribution in [0.5, 0.6) is 0 Å². The van der Waals surface area contributed by atoms with Gasteiger partial charge in [-0.1, -0.05) is 40.5 Å². The standard InChI is InChI=1S/C28H47N5O5/c1-8-9-11-18-14-21(24(35)31-20(16-29)15-19-12-10-13-30-23(19)34)33(17-18)25(36)22(27(2,3)4)32-26(37)38-28(5,6)7/h18-22H,8-15,17H2,1-7H3,(H,30,34)(H,31,35)(H,32,37)/t18-,19+,20+,21+,22-/m1/s1. The molecule has 5 atom stereocenters. The summed E-state index contributed by atoms with van der Waals surface area (Å²) in [6.45, 7) is 14.0. The molecule has 0 unspecified atom stereocenters. The number of piperidine rings is 1. The minimum Gasteiger partial charge on any atom is -0.444 e. The van der Waals surface area contributed by atoms with Crippen molar-refractivity contribution in [2.24, 2.45) is 17.3 Å². The molecule has 2 saturated heterocycles. The van der Waals surface area contributed by atoms with Crippen LogP contribution in [0.1, 0.15) is 93.4 Å². The van der Waals surface area contributed by atoms with E-state index in [1.807, 2.05) is 20.8 Å². The Labute approximate surface area is 227 Å². The lowest BCUT2D eigenvalue weighted by Gasteiger charge is -2.36. The van der Waals surface area contributed by atoms with E-state index < -0.39 is 41.1 Å². The quantitative estimate of drug-likeness (QED) is 0.415. The van der Waals surface area contributed by atoms with E-state index in [1.54, 1.807) is 25.7 Å². The number of nitrogens with one attached hydrogen (secondary N) is 3. The van der Waals surface area contributed by atoms with E-state index in [9.17, 15) is 24.4 Å². The van der Waals surface area contributed by atoms with Crippen molar-refractivity contribution in [2.75, 3.05) is 13.1 Å². The first kappa shape index (κ1) is 31.4. The molecule has 0 aromatic rings. The van der Waals surface area contributed by atoms with E-state index in [4.69, 9.17) is 4.74 Å². The summed E-state index contributed by atoms with van der Waals surface area (Å²) in [4.78, 5) is 53.7. The minimum atomic E-state index is -0.907. The smallest absolute Gasteiger partial charge is 0.408 e. The molecular formula is C28H47N5O5. The van der Waals surface area contributed by atoms with E-state index in [1.165, 1.54) is 0 Å². The molecule has 0 saturated carbocycles. The number of alkyl carbamates (subject to hydrolysis) is 1. The number of carbonyl (C=O) groups excluding carboxylic acids is 4. The number of likely N-dealkylation sites (tertiary alicyclic amines) is 1. The normalized spacial score (nSPS) is 23.6. The molecule has 2 aliphatic rings. The Morgan fingerprint density at radius 1 is 1.18 bits per heavy atom. The summed E-state index contributed by atoms with van der Waals surface area (Å²) >= 11 is 0. The summed E-state index contributed by atoms with van der Waals surface area (Å²) < 4.78 is 5.40. The van der Waals surface area contributed by atoms with E-state index in [0.717, 1.165) is 25.7 Å². The monoisotopic (exact) mass is 533 g/mol. The van der Waals surface area contributed by atoms with Gasteiger partial charge in [-0.2, -0.15) is 5.26 Å². The van der Waals surface area contributed by atoms with Gasteiger partial charge in [-0.25, -0.2) is 4.79 Å². The number of nitrogens with zero attached hydrogens (tertiary/aromatic N) is 2. The Bertz CT molecular complexity index is 901. The Kier molecular flexibility index (Phi) is 11.0. The molecular weight excluding hydrogens is 486 g/mol. The minimum absolute atomic E-state index is 0.0933. The van der Waals surface area contributed by atoms with Crippen molar-refractivity contribution in [3.05, 3.63) is 0 Å². The number of hydrogen-bond donors (Lipinski definition) is 3. The lowest BCUT2D eigenvalue weighted by Crippen LogP contribution is -2.58. The van der Waals surface area contributed by atoms with Crippen molar-refractivity contribution in [1.82, 2.24) is 20.9 Å². The summed E-state index contributed by atoms with van der Waals surface area (Å²) in [5, 5.41) is 18.1. The second kappa shape index (κ2) is 13.3. The van der Waals surface area contributed by atoms with Crippen LogP contribution in [0.2, 0.25) is 0 Å². The molecule has 2 aliphatic heterocycles. The zero-order valence-electron chi connectivity index (χ0n) is 24.2. The highest BCUT2D eigenvalue weighted by atomic mass is 16.6. The van der Waals surface area contributed by atoms with Crippen LogP contribution in [0.4, 0.5) is 4.79 Å². The highest BCUT2D eigenvalue weighted by Crippen LogP contribution is 2.31. The number of rotatable bonds is 9. The summed E-state index contributed by atoms with van der Waals surface area (Å²) in [7, 11) is 0. The Balaban J connectivity index is 2.22. The number of ether oxygens (including phenoxy) is 1. The Morgan fingerprint density at radius 2 is 1.87 bits per heavy atom. The van der Waals surface area contributed by atoms with E-state index in [0.29, 0.717) is 25.9 Å². The van der Waals surface area contributed by atoms with E-state index in [-0.39, 0.29) is 30.1 Å². The maximum atomic E-state index is 13.9. The third-order valence-electron chi connectivity index (χ3n) is 7.11. The van der Waals surface area contributed by atoms with Crippen LogP contribution >= 0.6 is 0 Å². The predicted molar refractivity (Wildman–Crippen MR) is 144 cm³/mol. The number of hydrogen-bond acceptors (Lipinski definition) is 6. The third-order valence-corrected chi connectivity index (χ3v) is 7.11. The number of unbranched alkanes of at least 4 members (excludes halogenated alkanes) is 1. The second-order valence-corrected chi connectivity index (χ2v) is 12.8. The predicted octanol–water partition coefficient (Wildman–Crippen LogP) is 3.26. The summed E-state index contributed by atoms with van der Waals surface area (Å²) in [6, 6.07) is -0.378. The molecule has 0 aromatic heterocycles. The fourth-order valence-electron chi connectivity index (χ4n) is 5.11. The van der Waals surface area contributed by atoms with Crippen LogP contribution < -0.4 is 16.0 Å². The lowest BCUT2D eigenvalue weighted by molar-refractivity contribution is -0.142. The molecule has 0 radical (unpaired) electrons. The molecule has 0 aliphatic carbocycles.